The molecule has 2 atom stereocenters. The monoisotopic (exact) mass is 403 g/mol. The van der Waals surface area contributed by atoms with Gasteiger partial charge in [-0.3, -0.25) is 4.79 Å². The molecule has 0 saturated heterocycles. The van der Waals surface area contributed by atoms with Crippen LogP contribution in [0.3, 0.4) is 0 Å². The first-order valence-electron chi connectivity index (χ1n) is 9.90. The third kappa shape index (κ3) is 5.59. The van der Waals surface area contributed by atoms with E-state index in [0.29, 0.717) is 23.3 Å². The molecule has 0 aliphatic heterocycles. The van der Waals surface area contributed by atoms with Crippen molar-refractivity contribution in [1.82, 2.24) is 5.32 Å². The lowest BCUT2D eigenvalue weighted by molar-refractivity contribution is -0.143. The zero-order valence-corrected chi connectivity index (χ0v) is 17.6. The molecule has 7 heteroatoms. The Balaban J connectivity index is 2.24. The lowest BCUT2D eigenvalue weighted by Gasteiger charge is -2.21. The third-order valence-electron chi connectivity index (χ3n) is 4.71. The van der Waals surface area contributed by atoms with E-state index < -0.39 is 29.6 Å². The van der Waals surface area contributed by atoms with Crippen LogP contribution < -0.4 is 15.7 Å². The van der Waals surface area contributed by atoms with Crippen LogP contribution >= 0.6 is 0 Å². The number of fused-ring (bicyclic) bond motifs is 1. The van der Waals surface area contributed by atoms with Crippen LogP contribution in [0.25, 0.3) is 11.0 Å². The molecule has 158 valence electrons. The van der Waals surface area contributed by atoms with Gasteiger partial charge in [-0.15, -0.1) is 0 Å². The molecule has 1 aromatic heterocycles. The number of carboxylic acids is 1. The minimum absolute atomic E-state index is 0.121. The van der Waals surface area contributed by atoms with Gasteiger partial charge in [0, 0.05) is 17.0 Å². The van der Waals surface area contributed by atoms with E-state index in [-0.39, 0.29) is 5.92 Å². The van der Waals surface area contributed by atoms with Crippen molar-refractivity contribution in [2.24, 2.45) is 5.92 Å². The van der Waals surface area contributed by atoms with Crippen molar-refractivity contribution in [2.45, 2.75) is 66.0 Å². The summed E-state index contributed by atoms with van der Waals surface area (Å²) in [6, 6.07) is 4.09. The molecule has 1 heterocycles. The van der Waals surface area contributed by atoms with Crippen LogP contribution in [-0.2, 0) is 16.0 Å². The number of aliphatic carboxylic acids is 1. The van der Waals surface area contributed by atoms with Crippen molar-refractivity contribution < 1.29 is 23.8 Å². The zero-order chi connectivity index (χ0) is 21.7. The zero-order valence-electron chi connectivity index (χ0n) is 17.6. The largest absolute Gasteiger partial charge is 0.480 e. The Morgan fingerprint density at radius 1 is 1.24 bits per heavy atom. The second kappa shape index (κ2) is 9.58. The van der Waals surface area contributed by atoms with Crippen LogP contribution in [0.2, 0.25) is 0 Å². The maximum atomic E-state index is 12.4. The fraction of sp³-hybridized carbons (Fsp3) is 0.500. The number of rotatable bonds is 9. The number of carbonyl (C=O) groups is 2. The number of hydrogen-bond acceptors (Lipinski definition) is 5. The SMILES string of the molecule is CCCc1cc(=O)oc2c(C)c(OC(C)C(=O)NC(CC(C)C)C(=O)O)ccc12. The predicted molar refractivity (Wildman–Crippen MR) is 110 cm³/mol. The first-order chi connectivity index (χ1) is 13.6. The summed E-state index contributed by atoms with van der Waals surface area (Å²) in [6.07, 6.45) is 1.07. The van der Waals surface area contributed by atoms with Gasteiger partial charge in [-0.05, 0) is 50.3 Å². The van der Waals surface area contributed by atoms with Gasteiger partial charge < -0.3 is 19.6 Å². The summed E-state index contributed by atoms with van der Waals surface area (Å²) in [7, 11) is 0. The number of ether oxygens (including phenoxy) is 1. The Morgan fingerprint density at radius 2 is 1.93 bits per heavy atom. The summed E-state index contributed by atoms with van der Waals surface area (Å²) < 4.78 is 11.2. The van der Waals surface area contributed by atoms with Crippen LogP contribution in [0.4, 0.5) is 0 Å². The van der Waals surface area contributed by atoms with Gasteiger partial charge in [0.15, 0.2) is 6.10 Å². The van der Waals surface area contributed by atoms with Crippen molar-refractivity contribution in [1.29, 1.82) is 0 Å². The normalized spacial score (nSPS) is 13.3. The number of benzene rings is 1. The van der Waals surface area contributed by atoms with E-state index >= 15 is 0 Å². The topological polar surface area (TPSA) is 106 Å². The van der Waals surface area contributed by atoms with Gasteiger partial charge in [-0.2, -0.15) is 0 Å². The highest BCUT2D eigenvalue weighted by Crippen LogP contribution is 2.29. The fourth-order valence-electron chi connectivity index (χ4n) is 3.24. The van der Waals surface area contributed by atoms with Crippen LogP contribution in [0.15, 0.2) is 27.4 Å². The number of aryl methyl sites for hydroxylation is 2. The molecular formula is C22H29NO6. The van der Waals surface area contributed by atoms with Crippen LogP contribution in [0.5, 0.6) is 5.75 Å². The van der Waals surface area contributed by atoms with Crippen molar-refractivity contribution in [3.8, 4) is 5.75 Å². The van der Waals surface area contributed by atoms with E-state index in [1.807, 2.05) is 26.8 Å². The van der Waals surface area contributed by atoms with E-state index in [4.69, 9.17) is 9.15 Å². The van der Waals surface area contributed by atoms with E-state index in [0.717, 1.165) is 23.8 Å². The average molecular weight is 403 g/mol. The minimum Gasteiger partial charge on any atom is -0.480 e. The predicted octanol–water partition coefficient (Wildman–Crippen LogP) is 3.44. The molecule has 2 unspecified atom stereocenters. The molecule has 7 nitrogen and oxygen atoms in total. The Bertz CT molecular complexity index is 946. The average Bonchev–Trinajstić information content (AvgIpc) is 2.63. The lowest BCUT2D eigenvalue weighted by atomic mass is 10.0. The highest BCUT2D eigenvalue weighted by atomic mass is 16.5. The van der Waals surface area contributed by atoms with Crippen molar-refractivity contribution in [3.63, 3.8) is 0 Å². The Kier molecular flexibility index (Phi) is 7.42. The standard InChI is InChI=1S/C22H29NO6/c1-6-7-15-11-19(24)29-20-13(4)18(9-8-16(15)20)28-14(5)21(25)23-17(22(26)27)10-12(2)3/h8-9,11-12,14,17H,6-7,10H2,1-5H3,(H,23,25)(H,26,27). The molecule has 0 saturated carbocycles. The molecule has 2 aromatic rings. The quantitative estimate of drug-likeness (QED) is 0.621. The molecule has 2 N–H and O–H groups in total. The summed E-state index contributed by atoms with van der Waals surface area (Å²) in [5.41, 5.74) is 1.55. The summed E-state index contributed by atoms with van der Waals surface area (Å²) in [4.78, 5) is 35.7. The van der Waals surface area contributed by atoms with E-state index in [9.17, 15) is 19.5 Å². The molecule has 2 rings (SSSR count). The Morgan fingerprint density at radius 3 is 2.52 bits per heavy atom. The lowest BCUT2D eigenvalue weighted by Crippen LogP contribution is -2.46. The highest BCUT2D eigenvalue weighted by Gasteiger charge is 2.25. The number of hydrogen-bond donors (Lipinski definition) is 2. The Labute approximate surface area is 170 Å². The first-order valence-corrected chi connectivity index (χ1v) is 9.90. The second-order valence-electron chi connectivity index (χ2n) is 7.70. The molecule has 0 spiro atoms. The molecule has 29 heavy (non-hydrogen) atoms. The molecular weight excluding hydrogens is 374 g/mol. The smallest absolute Gasteiger partial charge is 0.336 e. The summed E-state index contributed by atoms with van der Waals surface area (Å²) in [6.45, 7) is 9.13. The van der Waals surface area contributed by atoms with Gasteiger partial charge in [-0.25, -0.2) is 9.59 Å². The minimum atomic E-state index is -1.08. The van der Waals surface area contributed by atoms with Gasteiger partial charge in [0.05, 0.1) is 0 Å². The molecule has 0 radical (unpaired) electrons. The molecule has 0 aliphatic rings. The van der Waals surface area contributed by atoms with Crippen LogP contribution in [-0.4, -0.2) is 29.1 Å². The first kappa shape index (κ1) is 22.5. The van der Waals surface area contributed by atoms with Crippen molar-refractivity contribution in [2.75, 3.05) is 0 Å². The fourth-order valence-corrected chi connectivity index (χ4v) is 3.24. The summed E-state index contributed by atoms with van der Waals surface area (Å²) in [5.74, 6) is -1.06. The molecule has 1 aromatic carbocycles. The van der Waals surface area contributed by atoms with Gasteiger partial charge in [0.1, 0.15) is 17.4 Å². The second-order valence-corrected chi connectivity index (χ2v) is 7.70. The van der Waals surface area contributed by atoms with Gasteiger partial charge in [0.2, 0.25) is 0 Å². The van der Waals surface area contributed by atoms with Crippen LogP contribution in [0.1, 0.15) is 51.7 Å². The maximum absolute atomic E-state index is 12.4. The third-order valence-corrected chi connectivity index (χ3v) is 4.71. The summed E-state index contributed by atoms with van der Waals surface area (Å²) >= 11 is 0. The van der Waals surface area contributed by atoms with E-state index in [2.05, 4.69) is 5.32 Å². The summed E-state index contributed by atoms with van der Waals surface area (Å²) in [5, 5.41) is 12.7. The Hall–Kier alpha value is -2.83. The number of nitrogens with one attached hydrogen (secondary N) is 1. The maximum Gasteiger partial charge on any atom is 0.336 e. The number of amides is 1. The highest BCUT2D eigenvalue weighted by molar-refractivity contribution is 5.87. The number of carbonyl (C=O) groups excluding carboxylic acids is 1. The molecule has 0 aliphatic carbocycles. The number of carboxylic acid groups (broad SMARTS) is 1. The van der Waals surface area contributed by atoms with E-state index in [1.165, 1.54) is 6.07 Å². The van der Waals surface area contributed by atoms with Crippen LogP contribution in [0, 0.1) is 12.8 Å². The van der Waals surface area contributed by atoms with Gasteiger partial charge in [0.25, 0.3) is 5.91 Å². The molecule has 1 amide bonds. The van der Waals surface area contributed by atoms with Gasteiger partial charge >= 0.3 is 11.6 Å². The van der Waals surface area contributed by atoms with Crippen molar-refractivity contribution >= 4 is 22.8 Å². The van der Waals surface area contributed by atoms with Gasteiger partial charge in [-0.1, -0.05) is 27.2 Å². The molecule has 0 bridgehead atoms. The van der Waals surface area contributed by atoms with E-state index in [1.54, 1.807) is 19.9 Å². The molecule has 0 fully saturated rings. The van der Waals surface area contributed by atoms with Crippen molar-refractivity contribution in [3.05, 3.63) is 39.7 Å².